The summed E-state index contributed by atoms with van der Waals surface area (Å²) in [5.74, 6) is 2.21. The molecule has 1 N–H and O–H groups in total. The van der Waals surface area contributed by atoms with Gasteiger partial charge in [-0.3, -0.25) is 4.79 Å². The van der Waals surface area contributed by atoms with Crippen LogP contribution in [0.2, 0.25) is 0 Å². The SMILES string of the molecule is CCOc1ccc(CCNC(=O)CCOc2cccc(Br)c2)cc1OCC. The van der Waals surface area contributed by atoms with Crippen LogP contribution in [0.5, 0.6) is 17.2 Å². The fourth-order valence-corrected chi connectivity index (χ4v) is 2.88. The van der Waals surface area contributed by atoms with Gasteiger partial charge >= 0.3 is 0 Å². The van der Waals surface area contributed by atoms with Crippen LogP contribution in [0.15, 0.2) is 46.9 Å². The highest BCUT2D eigenvalue weighted by molar-refractivity contribution is 9.10. The summed E-state index contributed by atoms with van der Waals surface area (Å²) in [6, 6.07) is 13.4. The molecular formula is C21H26BrNO4. The Kier molecular flexibility index (Phi) is 8.98. The minimum Gasteiger partial charge on any atom is -0.493 e. The van der Waals surface area contributed by atoms with Gasteiger partial charge in [0, 0.05) is 11.0 Å². The van der Waals surface area contributed by atoms with Crippen LogP contribution >= 0.6 is 15.9 Å². The summed E-state index contributed by atoms with van der Waals surface area (Å²) in [6.45, 7) is 5.98. The van der Waals surface area contributed by atoms with E-state index < -0.39 is 0 Å². The van der Waals surface area contributed by atoms with Gasteiger partial charge in [0.2, 0.25) is 5.91 Å². The largest absolute Gasteiger partial charge is 0.493 e. The van der Waals surface area contributed by atoms with Crippen molar-refractivity contribution in [3.63, 3.8) is 0 Å². The molecule has 0 bridgehead atoms. The molecule has 0 aromatic heterocycles. The van der Waals surface area contributed by atoms with Crippen molar-refractivity contribution in [1.29, 1.82) is 0 Å². The van der Waals surface area contributed by atoms with Crippen LogP contribution < -0.4 is 19.5 Å². The summed E-state index contributed by atoms with van der Waals surface area (Å²) in [5.41, 5.74) is 1.09. The lowest BCUT2D eigenvalue weighted by molar-refractivity contribution is -0.121. The van der Waals surface area contributed by atoms with Crippen molar-refractivity contribution < 1.29 is 19.0 Å². The van der Waals surface area contributed by atoms with E-state index in [1.54, 1.807) is 0 Å². The highest BCUT2D eigenvalue weighted by Gasteiger charge is 2.07. The maximum atomic E-state index is 12.0. The summed E-state index contributed by atoms with van der Waals surface area (Å²) in [4.78, 5) is 12.0. The van der Waals surface area contributed by atoms with Gasteiger partial charge in [0.25, 0.3) is 0 Å². The van der Waals surface area contributed by atoms with Crippen LogP contribution in [0, 0.1) is 0 Å². The Morgan fingerprint density at radius 2 is 1.78 bits per heavy atom. The van der Waals surface area contributed by atoms with Crippen molar-refractivity contribution in [3.05, 3.63) is 52.5 Å². The van der Waals surface area contributed by atoms with Crippen LogP contribution in [0.25, 0.3) is 0 Å². The van der Waals surface area contributed by atoms with Gasteiger partial charge in [-0.25, -0.2) is 0 Å². The number of rotatable bonds is 11. The molecule has 5 nitrogen and oxygen atoms in total. The Hall–Kier alpha value is -2.21. The van der Waals surface area contributed by atoms with Gasteiger partial charge in [-0.15, -0.1) is 0 Å². The lowest BCUT2D eigenvalue weighted by Crippen LogP contribution is -2.27. The average Bonchev–Trinajstić information content (AvgIpc) is 2.64. The van der Waals surface area contributed by atoms with Crippen LogP contribution in [-0.2, 0) is 11.2 Å². The number of hydrogen-bond acceptors (Lipinski definition) is 4. The van der Waals surface area contributed by atoms with E-state index in [2.05, 4.69) is 21.2 Å². The van der Waals surface area contributed by atoms with E-state index in [9.17, 15) is 4.79 Å². The minimum absolute atomic E-state index is 0.0269. The van der Waals surface area contributed by atoms with Crippen LogP contribution in [0.1, 0.15) is 25.8 Å². The molecule has 0 radical (unpaired) electrons. The first-order valence-electron chi connectivity index (χ1n) is 9.16. The molecule has 2 aromatic carbocycles. The number of nitrogens with one attached hydrogen (secondary N) is 1. The lowest BCUT2D eigenvalue weighted by Gasteiger charge is -2.12. The number of halogens is 1. The van der Waals surface area contributed by atoms with Crippen LogP contribution in [0.3, 0.4) is 0 Å². The molecule has 0 atom stereocenters. The summed E-state index contributed by atoms with van der Waals surface area (Å²) in [7, 11) is 0. The topological polar surface area (TPSA) is 56.8 Å². The van der Waals surface area contributed by atoms with E-state index in [4.69, 9.17) is 14.2 Å². The molecule has 0 spiro atoms. The van der Waals surface area contributed by atoms with Gasteiger partial charge in [0.1, 0.15) is 5.75 Å². The second-order valence-corrected chi connectivity index (χ2v) is 6.72. The molecule has 146 valence electrons. The van der Waals surface area contributed by atoms with Crippen molar-refractivity contribution in [3.8, 4) is 17.2 Å². The third-order valence-electron chi connectivity index (χ3n) is 3.74. The van der Waals surface area contributed by atoms with Gasteiger partial charge in [-0.1, -0.05) is 28.1 Å². The fourth-order valence-electron chi connectivity index (χ4n) is 2.50. The summed E-state index contributed by atoms with van der Waals surface area (Å²) >= 11 is 3.39. The minimum atomic E-state index is -0.0269. The molecule has 0 fully saturated rings. The Morgan fingerprint density at radius 3 is 2.52 bits per heavy atom. The van der Waals surface area contributed by atoms with Crippen molar-refractivity contribution in [2.24, 2.45) is 0 Å². The number of carbonyl (C=O) groups excluding carboxylic acids is 1. The third-order valence-corrected chi connectivity index (χ3v) is 4.23. The zero-order chi connectivity index (χ0) is 19.5. The van der Waals surface area contributed by atoms with E-state index in [-0.39, 0.29) is 5.91 Å². The second kappa shape index (κ2) is 11.5. The smallest absolute Gasteiger partial charge is 0.223 e. The van der Waals surface area contributed by atoms with E-state index in [0.29, 0.717) is 32.8 Å². The van der Waals surface area contributed by atoms with E-state index >= 15 is 0 Å². The molecule has 0 heterocycles. The van der Waals surface area contributed by atoms with Crippen molar-refractivity contribution in [1.82, 2.24) is 5.32 Å². The zero-order valence-electron chi connectivity index (χ0n) is 15.8. The monoisotopic (exact) mass is 435 g/mol. The highest BCUT2D eigenvalue weighted by atomic mass is 79.9. The molecule has 0 saturated carbocycles. The number of amides is 1. The first-order valence-corrected chi connectivity index (χ1v) is 9.95. The van der Waals surface area contributed by atoms with Crippen LogP contribution in [0.4, 0.5) is 0 Å². The second-order valence-electron chi connectivity index (χ2n) is 5.80. The molecule has 1 amide bonds. The Bertz CT molecular complexity index is 736. The van der Waals surface area contributed by atoms with E-state index in [0.717, 1.165) is 33.7 Å². The molecule has 6 heteroatoms. The Morgan fingerprint density at radius 1 is 1.00 bits per heavy atom. The van der Waals surface area contributed by atoms with Crippen molar-refractivity contribution in [2.75, 3.05) is 26.4 Å². The average molecular weight is 436 g/mol. The van der Waals surface area contributed by atoms with Gasteiger partial charge in [0.15, 0.2) is 11.5 Å². The molecule has 0 unspecified atom stereocenters. The lowest BCUT2D eigenvalue weighted by atomic mass is 10.1. The summed E-state index contributed by atoms with van der Waals surface area (Å²) in [6.07, 6.45) is 1.05. The van der Waals surface area contributed by atoms with Gasteiger partial charge in [-0.05, 0) is 56.2 Å². The number of ether oxygens (including phenoxy) is 3. The fraction of sp³-hybridized carbons (Fsp3) is 0.381. The Balaban J connectivity index is 1.73. The van der Waals surface area contributed by atoms with Crippen molar-refractivity contribution in [2.45, 2.75) is 26.7 Å². The zero-order valence-corrected chi connectivity index (χ0v) is 17.4. The first kappa shape index (κ1) is 21.1. The quantitative estimate of drug-likeness (QED) is 0.568. The standard InChI is InChI=1S/C21H26BrNO4/c1-3-25-19-9-8-16(14-20(19)26-4-2)10-12-23-21(24)11-13-27-18-7-5-6-17(22)15-18/h5-9,14-15H,3-4,10-13H2,1-2H3,(H,23,24). The highest BCUT2D eigenvalue weighted by Crippen LogP contribution is 2.28. The third kappa shape index (κ3) is 7.51. The first-order chi connectivity index (χ1) is 13.1. The predicted molar refractivity (Wildman–Crippen MR) is 110 cm³/mol. The maximum Gasteiger partial charge on any atom is 0.223 e. The summed E-state index contributed by atoms with van der Waals surface area (Å²) < 4.78 is 17.7. The maximum absolute atomic E-state index is 12.0. The predicted octanol–water partition coefficient (Wildman–Crippen LogP) is 4.37. The van der Waals surface area contributed by atoms with Crippen molar-refractivity contribution >= 4 is 21.8 Å². The number of hydrogen-bond donors (Lipinski definition) is 1. The molecular weight excluding hydrogens is 410 g/mol. The van der Waals surface area contributed by atoms with E-state index in [1.807, 2.05) is 56.3 Å². The normalized spacial score (nSPS) is 10.3. The number of benzene rings is 2. The molecule has 0 aliphatic heterocycles. The van der Waals surface area contributed by atoms with Gasteiger partial charge < -0.3 is 19.5 Å². The van der Waals surface area contributed by atoms with E-state index in [1.165, 1.54) is 0 Å². The number of carbonyl (C=O) groups is 1. The molecule has 0 saturated heterocycles. The van der Waals surface area contributed by atoms with Gasteiger partial charge in [-0.2, -0.15) is 0 Å². The molecule has 0 aliphatic carbocycles. The Labute approximate surface area is 169 Å². The van der Waals surface area contributed by atoms with Crippen LogP contribution in [-0.4, -0.2) is 32.3 Å². The molecule has 0 aliphatic rings. The van der Waals surface area contributed by atoms with Gasteiger partial charge in [0.05, 0.1) is 26.2 Å². The summed E-state index contributed by atoms with van der Waals surface area (Å²) in [5, 5.41) is 2.92. The molecule has 2 rings (SSSR count). The molecule has 27 heavy (non-hydrogen) atoms. The molecule has 2 aromatic rings.